The monoisotopic (exact) mass is 394 g/mol. The zero-order valence-corrected chi connectivity index (χ0v) is 16.0. The van der Waals surface area contributed by atoms with E-state index < -0.39 is 5.63 Å². The Hall–Kier alpha value is -3.19. The van der Waals surface area contributed by atoms with E-state index in [0.717, 1.165) is 30.5 Å². The second kappa shape index (κ2) is 8.87. The first-order valence-corrected chi connectivity index (χ1v) is 9.63. The maximum Gasteiger partial charge on any atom is 0.336 e. The highest BCUT2D eigenvalue weighted by atomic mass is 16.5. The number of hydrogen-bond donors (Lipinski definition) is 0. The average Bonchev–Trinajstić information content (AvgIpc) is 3.25. The SMILES string of the molecule is O=C(COc1ccc2ccc(=O)oc2c1)N(Cc1ccccn1)CC1CCCO1. The molecule has 2 aromatic heterocycles. The van der Waals surface area contributed by atoms with Gasteiger partial charge >= 0.3 is 5.63 Å². The predicted octanol–water partition coefficient (Wildman–Crippen LogP) is 2.77. The Labute approximate surface area is 167 Å². The number of amides is 1. The van der Waals surface area contributed by atoms with E-state index in [1.807, 2.05) is 18.2 Å². The maximum absolute atomic E-state index is 12.9. The summed E-state index contributed by atoms with van der Waals surface area (Å²) in [6, 6.07) is 13.8. The molecule has 1 unspecified atom stereocenters. The largest absolute Gasteiger partial charge is 0.484 e. The van der Waals surface area contributed by atoms with Crippen molar-refractivity contribution in [2.24, 2.45) is 0 Å². The Bertz CT molecular complexity index is 1030. The van der Waals surface area contributed by atoms with Gasteiger partial charge in [0.1, 0.15) is 11.3 Å². The van der Waals surface area contributed by atoms with E-state index >= 15 is 0 Å². The van der Waals surface area contributed by atoms with E-state index in [1.165, 1.54) is 6.07 Å². The van der Waals surface area contributed by atoms with Gasteiger partial charge in [-0.15, -0.1) is 0 Å². The van der Waals surface area contributed by atoms with Crippen LogP contribution in [-0.2, 0) is 16.1 Å². The first-order chi connectivity index (χ1) is 14.2. The van der Waals surface area contributed by atoms with E-state index in [2.05, 4.69) is 4.98 Å². The van der Waals surface area contributed by atoms with Crippen LogP contribution in [0.1, 0.15) is 18.5 Å². The van der Waals surface area contributed by atoms with E-state index in [4.69, 9.17) is 13.9 Å². The van der Waals surface area contributed by atoms with Crippen molar-refractivity contribution in [1.29, 1.82) is 0 Å². The van der Waals surface area contributed by atoms with Gasteiger partial charge < -0.3 is 18.8 Å². The second-order valence-corrected chi connectivity index (χ2v) is 6.97. The molecule has 7 heteroatoms. The smallest absolute Gasteiger partial charge is 0.336 e. The van der Waals surface area contributed by atoms with Gasteiger partial charge in [0.2, 0.25) is 0 Å². The molecular formula is C22H22N2O5. The zero-order chi connectivity index (χ0) is 20.1. The van der Waals surface area contributed by atoms with Crippen molar-refractivity contribution in [3.63, 3.8) is 0 Å². The lowest BCUT2D eigenvalue weighted by Gasteiger charge is -2.25. The number of carbonyl (C=O) groups is 1. The molecule has 0 spiro atoms. The average molecular weight is 394 g/mol. The highest BCUT2D eigenvalue weighted by molar-refractivity contribution is 5.79. The normalized spacial score (nSPS) is 16.1. The lowest BCUT2D eigenvalue weighted by atomic mass is 10.2. The first kappa shape index (κ1) is 19.1. The number of fused-ring (bicyclic) bond motifs is 1. The molecule has 1 saturated heterocycles. The van der Waals surface area contributed by atoms with Crippen LogP contribution in [0.3, 0.4) is 0 Å². The molecule has 29 heavy (non-hydrogen) atoms. The molecule has 1 aliphatic rings. The molecule has 150 valence electrons. The quantitative estimate of drug-likeness (QED) is 0.573. The van der Waals surface area contributed by atoms with Crippen molar-refractivity contribution < 1.29 is 18.7 Å². The summed E-state index contributed by atoms with van der Waals surface area (Å²) in [5.74, 6) is 0.316. The third-order valence-electron chi connectivity index (χ3n) is 4.84. The fourth-order valence-corrected chi connectivity index (χ4v) is 3.34. The zero-order valence-electron chi connectivity index (χ0n) is 16.0. The molecule has 1 aliphatic heterocycles. The summed E-state index contributed by atoms with van der Waals surface area (Å²) in [6.07, 6.45) is 3.70. The van der Waals surface area contributed by atoms with Crippen molar-refractivity contribution in [1.82, 2.24) is 9.88 Å². The number of ether oxygens (including phenoxy) is 2. The van der Waals surface area contributed by atoms with Gasteiger partial charge in [0.15, 0.2) is 6.61 Å². The van der Waals surface area contributed by atoms with Gasteiger partial charge in [-0.25, -0.2) is 4.79 Å². The standard InChI is InChI=1S/C22H22N2O5/c25-21(15-28-18-8-6-16-7-9-22(26)29-20(16)12-18)24(14-19-5-3-11-27-19)13-17-4-1-2-10-23-17/h1-2,4,6-10,12,19H,3,5,11,13-15H2. The molecule has 0 bridgehead atoms. The third kappa shape index (κ3) is 5.00. The first-order valence-electron chi connectivity index (χ1n) is 9.63. The maximum atomic E-state index is 12.9. The molecule has 1 atom stereocenters. The van der Waals surface area contributed by atoms with Crippen LogP contribution >= 0.6 is 0 Å². The molecule has 1 amide bonds. The molecule has 1 aromatic carbocycles. The third-order valence-corrected chi connectivity index (χ3v) is 4.84. The fraction of sp³-hybridized carbons (Fsp3) is 0.318. The highest BCUT2D eigenvalue weighted by Crippen LogP contribution is 2.20. The summed E-state index contributed by atoms with van der Waals surface area (Å²) < 4.78 is 16.5. The number of aromatic nitrogens is 1. The second-order valence-electron chi connectivity index (χ2n) is 6.97. The van der Waals surface area contributed by atoms with Gasteiger partial charge in [-0.2, -0.15) is 0 Å². The number of pyridine rings is 1. The molecule has 1 fully saturated rings. The molecule has 7 nitrogen and oxygen atoms in total. The number of carbonyl (C=O) groups excluding carboxylic acids is 1. The lowest BCUT2D eigenvalue weighted by Crippen LogP contribution is -2.39. The predicted molar refractivity (Wildman–Crippen MR) is 107 cm³/mol. The van der Waals surface area contributed by atoms with Crippen molar-refractivity contribution in [2.45, 2.75) is 25.5 Å². The van der Waals surface area contributed by atoms with E-state index in [1.54, 1.807) is 35.4 Å². The molecular weight excluding hydrogens is 372 g/mol. The number of rotatable bonds is 7. The fourth-order valence-electron chi connectivity index (χ4n) is 3.34. The summed E-state index contributed by atoms with van der Waals surface area (Å²) in [4.78, 5) is 30.3. The molecule has 3 aromatic rings. The van der Waals surface area contributed by atoms with Crippen LogP contribution in [0, 0.1) is 0 Å². The van der Waals surface area contributed by atoms with Crippen molar-refractivity contribution in [3.8, 4) is 5.75 Å². The summed E-state index contributed by atoms with van der Waals surface area (Å²) in [6.45, 7) is 1.51. The Morgan fingerprint density at radius 2 is 2.10 bits per heavy atom. The summed E-state index contributed by atoms with van der Waals surface area (Å²) >= 11 is 0. The van der Waals surface area contributed by atoms with Gasteiger partial charge in [-0.3, -0.25) is 9.78 Å². The van der Waals surface area contributed by atoms with Crippen LogP contribution in [-0.4, -0.2) is 41.7 Å². The Kier molecular flexibility index (Phi) is 5.86. The van der Waals surface area contributed by atoms with Gasteiger partial charge in [-0.1, -0.05) is 6.07 Å². The van der Waals surface area contributed by atoms with Crippen LogP contribution in [0.5, 0.6) is 5.75 Å². The lowest BCUT2D eigenvalue weighted by molar-refractivity contribution is -0.135. The molecule has 0 radical (unpaired) electrons. The number of hydrogen-bond acceptors (Lipinski definition) is 6. The number of nitrogens with zero attached hydrogens (tertiary/aromatic N) is 2. The summed E-state index contributed by atoms with van der Waals surface area (Å²) in [5.41, 5.74) is 0.808. The van der Waals surface area contributed by atoms with Crippen LogP contribution in [0.2, 0.25) is 0 Å². The van der Waals surface area contributed by atoms with Gasteiger partial charge in [0.05, 0.1) is 18.3 Å². The Morgan fingerprint density at radius 1 is 1.21 bits per heavy atom. The molecule has 4 rings (SSSR count). The van der Waals surface area contributed by atoms with Crippen LogP contribution < -0.4 is 10.4 Å². The Balaban J connectivity index is 1.44. The van der Waals surface area contributed by atoms with Crippen molar-refractivity contribution >= 4 is 16.9 Å². The minimum absolute atomic E-state index is 0.0395. The van der Waals surface area contributed by atoms with E-state index in [-0.39, 0.29) is 18.6 Å². The van der Waals surface area contributed by atoms with Crippen molar-refractivity contribution in [3.05, 3.63) is 70.8 Å². The topological polar surface area (TPSA) is 81.9 Å². The van der Waals surface area contributed by atoms with Crippen molar-refractivity contribution in [2.75, 3.05) is 19.8 Å². The molecule has 0 N–H and O–H groups in total. The van der Waals surface area contributed by atoms with Crippen LogP contribution in [0.25, 0.3) is 11.0 Å². The van der Waals surface area contributed by atoms with Gasteiger partial charge in [-0.05, 0) is 43.2 Å². The van der Waals surface area contributed by atoms with Crippen LogP contribution in [0.4, 0.5) is 0 Å². The number of benzene rings is 1. The van der Waals surface area contributed by atoms with Crippen LogP contribution in [0.15, 0.2) is 63.9 Å². The van der Waals surface area contributed by atoms with E-state index in [9.17, 15) is 9.59 Å². The summed E-state index contributed by atoms with van der Waals surface area (Å²) in [5, 5.41) is 0.790. The highest BCUT2D eigenvalue weighted by Gasteiger charge is 2.23. The van der Waals surface area contributed by atoms with E-state index in [0.29, 0.717) is 24.4 Å². The molecule has 0 saturated carbocycles. The minimum Gasteiger partial charge on any atom is -0.484 e. The molecule has 3 heterocycles. The minimum atomic E-state index is -0.427. The Morgan fingerprint density at radius 3 is 2.90 bits per heavy atom. The van der Waals surface area contributed by atoms with Gasteiger partial charge in [0.25, 0.3) is 5.91 Å². The summed E-state index contributed by atoms with van der Waals surface area (Å²) in [7, 11) is 0. The van der Waals surface area contributed by atoms with Gasteiger partial charge in [0, 0.05) is 36.9 Å². The molecule has 0 aliphatic carbocycles.